The number of halogens is 2. The molecule has 0 aromatic heterocycles. The van der Waals surface area contributed by atoms with Gasteiger partial charge in [-0.25, -0.2) is 0 Å². The third-order valence-electron chi connectivity index (χ3n) is 2.76. The number of rotatable bonds is 5. The minimum Gasteiger partial charge on any atom is -0.294 e. The van der Waals surface area contributed by atoms with Crippen LogP contribution < -0.4 is 0 Å². The molecule has 2 aromatic rings. The Morgan fingerprint density at radius 3 is 2.15 bits per heavy atom. The van der Waals surface area contributed by atoms with E-state index < -0.39 is 10.8 Å². The van der Waals surface area contributed by atoms with E-state index in [2.05, 4.69) is 0 Å². The van der Waals surface area contributed by atoms with Gasteiger partial charge in [0, 0.05) is 17.7 Å². The zero-order valence-electron chi connectivity index (χ0n) is 10.5. The van der Waals surface area contributed by atoms with Crippen LogP contribution in [0.5, 0.6) is 0 Å². The Bertz CT molecular complexity index is 621. The Morgan fingerprint density at radius 1 is 0.950 bits per heavy atom. The van der Waals surface area contributed by atoms with Crippen molar-refractivity contribution in [2.75, 3.05) is 5.75 Å². The molecular formula is C15H12Cl2O2S. The van der Waals surface area contributed by atoms with Crippen molar-refractivity contribution in [2.24, 2.45) is 0 Å². The van der Waals surface area contributed by atoms with Crippen LogP contribution in [-0.4, -0.2) is 15.7 Å². The highest BCUT2D eigenvalue weighted by Crippen LogP contribution is 2.28. The predicted octanol–water partition coefficient (Wildman–Crippen LogP) is 4.37. The molecule has 2 nitrogen and oxygen atoms in total. The Kier molecular flexibility index (Phi) is 5.35. The summed E-state index contributed by atoms with van der Waals surface area (Å²) < 4.78 is 12.2. The largest absolute Gasteiger partial charge is 0.294 e. The number of hydrogen-bond donors (Lipinski definition) is 0. The van der Waals surface area contributed by atoms with Crippen molar-refractivity contribution in [1.29, 1.82) is 0 Å². The van der Waals surface area contributed by atoms with Crippen molar-refractivity contribution in [2.45, 2.75) is 11.3 Å². The van der Waals surface area contributed by atoms with Gasteiger partial charge in [0.2, 0.25) is 0 Å². The van der Waals surface area contributed by atoms with Crippen LogP contribution in [0, 0.1) is 0 Å². The fourth-order valence-electron chi connectivity index (χ4n) is 1.76. The summed E-state index contributed by atoms with van der Waals surface area (Å²) in [6.45, 7) is 0. The molecule has 0 spiro atoms. The van der Waals surface area contributed by atoms with E-state index in [1.54, 1.807) is 42.5 Å². The molecule has 0 fully saturated rings. The Morgan fingerprint density at radius 2 is 1.55 bits per heavy atom. The molecule has 0 N–H and O–H groups in total. The minimum absolute atomic E-state index is 0.0397. The molecule has 5 heteroatoms. The zero-order valence-corrected chi connectivity index (χ0v) is 12.8. The number of benzene rings is 2. The van der Waals surface area contributed by atoms with Gasteiger partial charge in [-0.2, -0.15) is 0 Å². The minimum atomic E-state index is -1.39. The van der Waals surface area contributed by atoms with Crippen molar-refractivity contribution < 1.29 is 9.00 Å². The summed E-state index contributed by atoms with van der Waals surface area (Å²) in [6.07, 6.45) is 0.193. The second-order valence-corrected chi connectivity index (χ2v) is 6.46. The van der Waals surface area contributed by atoms with E-state index in [0.29, 0.717) is 20.5 Å². The smallest absolute Gasteiger partial charge is 0.163 e. The Hall–Kier alpha value is -1.16. The molecule has 0 radical (unpaired) electrons. The first-order valence-corrected chi connectivity index (χ1v) is 8.07. The van der Waals surface area contributed by atoms with Gasteiger partial charge >= 0.3 is 0 Å². The number of ketones is 1. The van der Waals surface area contributed by atoms with Crippen LogP contribution in [-0.2, 0) is 10.8 Å². The van der Waals surface area contributed by atoms with Crippen molar-refractivity contribution >= 4 is 39.8 Å². The molecule has 0 aliphatic heterocycles. The first-order chi connectivity index (χ1) is 9.59. The highest BCUT2D eigenvalue weighted by atomic mass is 35.5. The topological polar surface area (TPSA) is 34.1 Å². The van der Waals surface area contributed by atoms with Gasteiger partial charge < -0.3 is 0 Å². The standard InChI is InChI=1S/C15H12Cl2O2S/c16-12-7-4-8-13(17)15(12)20(19)10-9-14(18)11-5-2-1-3-6-11/h1-8H,9-10H2. The molecule has 0 amide bonds. The van der Waals surface area contributed by atoms with Crippen molar-refractivity contribution in [3.8, 4) is 0 Å². The normalized spacial score (nSPS) is 12.1. The van der Waals surface area contributed by atoms with E-state index in [1.807, 2.05) is 6.07 Å². The summed E-state index contributed by atoms with van der Waals surface area (Å²) in [4.78, 5) is 12.3. The van der Waals surface area contributed by atoms with Crippen LogP contribution in [0.25, 0.3) is 0 Å². The second kappa shape index (κ2) is 7.02. The molecule has 2 aromatic carbocycles. The summed E-state index contributed by atoms with van der Waals surface area (Å²) in [6, 6.07) is 13.9. The lowest BCUT2D eigenvalue weighted by molar-refractivity contribution is 0.0989. The summed E-state index contributed by atoms with van der Waals surface area (Å²) in [5.74, 6) is 0.166. The third kappa shape index (κ3) is 3.69. The van der Waals surface area contributed by atoms with Gasteiger partial charge in [-0.05, 0) is 12.1 Å². The summed E-state index contributed by atoms with van der Waals surface area (Å²) >= 11 is 12.0. The van der Waals surface area contributed by atoms with Gasteiger partial charge in [0.1, 0.15) is 0 Å². The van der Waals surface area contributed by atoms with Crippen LogP contribution in [0.15, 0.2) is 53.4 Å². The Labute approximate surface area is 130 Å². The molecular weight excluding hydrogens is 315 g/mol. The molecule has 20 heavy (non-hydrogen) atoms. The van der Waals surface area contributed by atoms with Gasteiger partial charge in [-0.1, -0.05) is 59.6 Å². The van der Waals surface area contributed by atoms with Crippen LogP contribution in [0.4, 0.5) is 0 Å². The maximum Gasteiger partial charge on any atom is 0.163 e. The van der Waals surface area contributed by atoms with Crippen LogP contribution >= 0.6 is 23.2 Å². The first-order valence-electron chi connectivity index (χ1n) is 6.00. The number of hydrogen-bond acceptors (Lipinski definition) is 2. The molecule has 104 valence electrons. The third-order valence-corrected chi connectivity index (χ3v) is 5.08. The summed E-state index contributed by atoms with van der Waals surface area (Å²) in [7, 11) is -1.39. The van der Waals surface area contributed by atoms with Gasteiger partial charge in [0.15, 0.2) is 5.78 Å². The molecule has 0 aliphatic rings. The zero-order chi connectivity index (χ0) is 14.5. The summed E-state index contributed by atoms with van der Waals surface area (Å²) in [5, 5.41) is 0.728. The van der Waals surface area contributed by atoms with Crippen LogP contribution in [0.2, 0.25) is 10.0 Å². The Balaban J connectivity index is 2.05. The SMILES string of the molecule is O=C(CCS(=O)c1c(Cl)cccc1Cl)c1ccccc1. The molecule has 0 heterocycles. The van der Waals surface area contributed by atoms with E-state index >= 15 is 0 Å². The lowest BCUT2D eigenvalue weighted by Crippen LogP contribution is -2.07. The lowest BCUT2D eigenvalue weighted by Gasteiger charge is -2.06. The fraction of sp³-hybridized carbons (Fsp3) is 0.133. The lowest BCUT2D eigenvalue weighted by atomic mass is 10.1. The molecule has 0 saturated carbocycles. The monoisotopic (exact) mass is 326 g/mol. The van der Waals surface area contributed by atoms with E-state index in [0.717, 1.165) is 0 Å². The molecule has 0 bridgehead atoms. The van der Waals surface area contributed by atoms with Crippen LogP contribution in [0.3, 0.4) is 0 Å². The number of Topliss-reactive ketones (excluding diaryl/α,β-unsaturated/α-hetero) is 1. The van der Waals surface area contributed by atoms with E-state index in [-0.39, 0.29) is 18.0 Å². The van der Waals surface area contributed by atoms with Gasteiger partial charge in [-0.15, -0.1) is 0 Å². The second-order valence-electron chi connectivity index (χ2n) is 4.14. The van der Waals surface area contributed by atoms with E-state index in [4.69, 9.17) is 23.2 Å². The predicted molar refractivity (Wildman–Crippen MR) is 83.1 cm³/mol. The average molecular weight is 327 g/mol. The maximum absolute atomic E-state index is 12.2. The fourth-order valence-corrected chi connectivity index (χ4v) is 3.82. The molecule has 0 aliphatic carbocycles. The van der Waals surface area contributed by atoms with Gasteiger partial charge in [-0.3, -0.25) is 9.00 Å². The first kappa shape index (κ1) is 15.2. The van der Waals surface area contributed by atoms with E-state index in [1.165, 1.54) is 0 Å². The summed E-state index contributed by atoms with van der Waals surface area (Å²) in [5.41, 5.74) is 0.620. The molecule has 0 saturated heterocycles. The molecule has 2 rings (SSSR count). The van der Waals surface area contributed by atoms with Crippen molar-refractivity contribution in [1.82, 2.24) is 0 Å². The molecule has 1 atom stereocenters. The maximum atomic E-state index is 12.2. The van der Waals surface area contributed by atoms with Crippen LogP contribution in [0.1, 0.15) is 16.8 Å². The number of carbonyl (C=O) groups excluding carboxylic acids is 1. The molecule has 1 unspecified atom stereocenters. The van der Waals surface area contributed by atoms with Crippen molar-refractivity contribution in [3.05, 3.63) is 64.1 Å². The van der Waals surface area contributed by atoms with E-state index in [9.17, 15) is 9.00 Å². The van der Waals surface area contributed by atoms with Gasteiger partial charge in [0.25, 0.3) is 0 Å². The average Bonchev–Trinajstić information content (AvgIpc) is 2.45. The highest BCUT2D eigenvalue weighted by Gasteiger charge is 2.15. The quantitative estimate of drug-likeness (QED) is 0.764. The van der Waals surface area contributed by atoms with Crippen molar-refractivity contribution in [3.63, 3.8) is 0 Å². The number of carbonyl (C=O) groups is 1. The van der Waals surface area contributed by atoms with Gasteiger partial charge in [0.05, 0.1) is 25.7 Å². The highest BCUT2D eigenvalue weighted by molar-refractivity contribution is 7.85.